The number of esters is 2. The maximum absolute atomic E-state index is 17.7. The predicted molar refractivity (Wildman–Crippen MR) is 200 cm³/mol. The van der Waals surface area contributed by atoms with Crippen LogP contribution in [0.3, 0.4) is 0 Å². The zero-order valence-corrected chi connectivity index (χ0v) is 33.3. The van der Waals surface area contributed by atoms with Gasteiger partial charge in [-0.05, 0) is 81.2 Å². The summed E-state index contributed by atoms with van der Waals surface area (Å²) in [7, 11) is 0. The Morgan fingerprint density at radius 3 is 2.41 bits per heavy atom. The third-order valence-corrected chi connectivity index (χ3v) is 12.7. The van der Waals surface area contributed by atoms with Crippen molar-refractivity contribution >= 4 is 35.6 Å². The number of nitrogens with zero attached hydrogens (tertiary/aromatic N) is 1. The first-order valence-electron chi connectivity index (χ1n) is 19.5. The van der Waals surface area contributed by atoms with E-state index in [0.29, 0.717) is 36.8 Å². The molecule has 58 heavy (non-hydrogen) atoms. The van der Waals surface area contributed by atoms with Gasteiger partial charge in [0, 0.05) is 42.4 Å². The molecule has 0 heterocycles. The number of fused-ring (bicyclic) bond motifs is 5. The Morgan fingerprint density at radius 2 is 1.76 bits per heavy atom. The number of hydrogen-bond donors (Lipinski definition) is 2. The number of ketones is 2. The molecule has 0 saturated heterocycles. The van der Waals surface area contributed by atoms with E-state index in [4.69, 9.17) is 18.9 Å². The summed E-state index contributed by atoms with van der Waals surface area (Å²) >= 11 is 0. The summed E-state index contributed by atoms with van der Waals surface area (Å²) in [6, 6.07) is 4.84. The summed E-state index contributed by atoms with van der Waals surface area (Å²) in [5.41, 5.74) is -5.39. The first-order valence-corrected chi connectivity index (χ1v) is 19.5. The fourth-order valence-corrected chi connectivity index (χ4v) is 9.99. The summed E-state index contributed by atoms with van der Waals surface area (Å²) in [5, 5.41) is 23.6. The minimum atomic E-state index is -2.17. The van der Waals surface area contributed by atoms with Crippen molar-refractivity contribution in [3.63, 3.8) is 0 Å². The van der Waals surface area contributed by atoms with Crippen molar-refractivity contribution in [3.05, 3.63) is 63.7 Å². The number of aliphatic hydroxyl groups excluding tert-OH is 1. The highest BCUT2D eigenvalue weighted by atomic mass is 19.1. The highest BCUT2D eigenvalue weighted by Crippen LogP contribution is 2.71. The van der Waals surface area contributed by atoms with E-state index in [0.717, 1.165) is 0 Å². The zero-order chi connectivity index (χ0) is 42.6. The van der Waals surface area contributed by atoms with Crippen LogP contribution in [0.1, 0.15) is 85.1 Å². The van der Waals surface area contributed by atoms with Crippen molar-refractivity contribution in [1.82, 2.24) is 5.32 Å². The molecule has 3 fully saturated rings. The summed E-state index contributed by atoms with van der Waals surface area (Å²) in [4.78, 5) is 91.5. The third kappa shape index (κ3) is 8.22. The van der Waals surface area contributed by atoms with E-state index in [1.165, 1.54) is 49.4 Å². The van der Waals surface area contributed by atoms with Crippen LogP contribution in [0.15, 0.2) is 48.1 Å². The highest BCUT2D eigenvalue weighted by Gasteiger charge is 2.77. The SMILES string of the molecule is CCC(=O)O[C@]1(C(=O)COC(=O)Oc2ccc(C[C@H](NC(C)=O)C(=O)OCCCCO[N+](=O)[O-])cc2)[C@@H](C)C[C@H]2[C@@H]3CCC4=CC(=O)C=C[C@]4(C)[C@@]3(F)[C@@H](O)C[C@@]21C. The number of unbranched alkanes of at least 4 members (excludes halogenated alkanes) is 1. The van der Waals surface area contributed by atoms with Gasteiger partial charge in [-0.2, -0.15) is 0 Å². The van der Waals surface area contributed by atoms with Crippen LogP contribution in [-0.2, 0) is 49.4 Å². The Hall–Kier alpha value is -5.19. The summed E-state index contributed by atoms with van der Waals surface area (Å²) in [6.45, 7) is 6.92. The van der Waals surface area contributed by atoms with Gasteiger partial charge in [0.1, 0.15) is 11.8 Å². The number of nitrogens with one attached hydrogen (secondary N) is 1. The topological polar surface area (TPSA) is 224 Å². The minimum Gasteiger partial charge on any atom is -0.464 e. The van der Waals surface area contributed by atoms with E-state index < -0.39 is 93.5 Å². The molecule has 2 N–H and O–H groups in total. The van der Waals surface area contributed by atoms with Gasteiger partial charge < -0.3 is 34.2 Å². The molecule has 0 unspecified atom stereocenters. The molecule has 0 radical (unpaired) electrons. The zero-order valence-electron chi connectivity index (χ0n) is 33.3. The second-order valence-corrected chi connectivity index (χ2v) is 16.1. The van der Waals surface area contributed by atoms with Crippen LogP contribution >= 0.6 is 0 Å². The Bertz CT molecular complexity index is 1870. The minimum absolute atomic E-state index is 0.0190. The van der Waals surface area contributed by atoms with Crippen molar-refractivity contribution in [2.24, 2.45) is 28.6 Å². The summed E-state index contributed by atoms with van der Waals surface area (Å²) < 4.78 is 39.6. The molecule has 1 aromatic carbocycles. The molecule has 1 aromatic rings. The lowest BCUT2D eigenvalue weighted by molar-refractivity contribution is -0.757. The number of aliphatic hydroxyl groups is 1. The molecule has 9 atom stereocenters. The Kier molecular flexibility index (Phi) is 13.1. The molecule has 1 amide bonds. The fourth-order valence-electron chi connectivity index (χ4n) is 9.99. The van der Waals surface area contributed by atoms with Gasteiger partial charge in [-0.3, -0.25) is 19.2 Å². The number of carbonyl (C=O) groups excluding carboxylic acids is 6. The van der Waals surface area contributed by atoms with Crippen molar-refractivity contribution in [2.75, 3.05) is 19.8 Å². The summed E-state index contributed by atoms with van der Waals surface area (Å²) in [6.07, 6.45) is 2.77. The van der Waals surface area contributed by atoms with Crippen molar-refractivity contribution in [2.45, 2.75) is 109 Å². The number of halogens is 1. The van der Waals surface area contributed by atoms with E-state index in [9.17, 15) is 44.0 Å². The van der Waals surface area contributed by atoms with Gasteiger partial charge in [-0.25, -0.2) is 14.0 Å². The number of Topliss-reactive ketones (excluding diaryl/α,β-unsaturated/α-hetero) is 1. The molecule has 5 rings (SSSR count). The lowest BCUT2D eigenvalue weighted by Gasteiger charge is -2.62. The van der Waals surface area contributed by atoms with E-state index in [2.05, 4.69) is 10.2 Å². The van der Waals surface area contributed by atoms with Gasteiger partial charge in [0.15, 0.2) is 23.7 Å². The van der Waals surface area contributed by atoms with Gasteiger partial charge >= 0.3 is 18.1 Å². The monoisotopic (exact) mass is 814 g/mol. The van der Waals surface area contributed by atoms with Crippen molar-refractivity contribution < 1.29 is 67.1 Å². The molecule has 4 aliphatic rings. The third-order valence-electron chi connectivity index (χ3n) is 12.7. The van der Waals surface area contributed by atoms with Crippen LogP contribution < -0.4 is 10.1 Å². The molecule has 17 heteroatoms. The normalized spacial score (nSPS) is 31.3. The number of allylic oxidation sites excluding steroid dienone is 4. The highest BCUT2D eigenvalue weighted by molar-refractivity contribution is 6.01. The fraction of sp³-hybridized carbons (Fsp3) is 0.610. The maximum atomic E-state index is 17.7. The Morgan fingerprint density at radius 1 is 1.07 bits per heavy atom. The number of amides is 1. The maximum Gasteiger partial charge on any atom is 0.514 e. The molecule has 4 aliphatic carbocycles. The van der Waals surface area contributed by atoms with Gasteiger partial charge in [-0.15, -0.1) is 10.1 Å². The average Bonchev–Trinajstić information content (AvgIpc) is 3.38. The molecular weight excluding hydrogens is 763 g/mol. The lowest BCUT2D eigenvalue weighted by atomic mass is 9.44. The number of alkyl halides is 1. The number of hydrogen-bond acceptors (Lipinski definition) is 14. The van der Waals surface area contributed by atoms with Crippen LogP contribution in [-0.4, -0.2) is 89.0 Å². The second-order valence-electron chi connectivity index (χ2n) is 16.1. The van der Waals surface area contributed by atoms with Crippen LogP contribution in [0.2, 0.25) is 0 Å². The van der Waals surface area contributed by atoms with E-state index in [1.54, 1.807) is 27.7 Å². The predicted octanol–water partition coefficient (Wildman–Crippen LogP) is 4.66. The number of benzene rings is 1. The molecule has 0 aliphatic heterocycles. The number of carbonyl (C=O) groups is 6. The van der Waals surface area contributed by atoms with E-state index in [-0.39, 0.29) is 50.4 Å². The largest absolute Gasteiger partial charge is 0.514 e. The van der Waals surface area contributed by atoms with Crippen LogP contribution in [0.4, 0.5) is 9.18 Å². The smallest absolute Gasteiger partial charge is 0.464 e. The van der Waals surface area contributed by atoms with Crippen LogP contribution in [0.25, 0.3) is 0 Å². The standard InChI is InChI=1S/C41H51FN2O14/c1-6-35(49)58-41(24(2)19-31-30-14-11-27-21-28(46)15-16-38(27,4)40(30,42)33(47)22-39(31,41)5)34(48)23-55-37(51)57-29-12-9-26(10-13-29)20-32(43-25(3)45)36(50)54-17-7-8-18-56-44(52)53/h9-10,12-13,15-16,21,24,30-33,47H,6-8,11,14,17-20,22-23H2,1-5H3,(H,43,45)/t24-,30-,31-,32-,33-,38-,39-,40-,41-/m0/s1. The number of rotatable bonds is 16. The number of ether oxygens (including phenoxy) is 4. The lowest BCUT2D eigenvalue weighted by Crippen LogP contribution is -2.70. The molecule has 0 spiro atoms. The average molecular weight is 815 g/mol. The Balaban J connectivity index is 1.25. The van der Waals surface area contributed by atoms with Crippen LogP contribution in [0.5, 0.6) is 5.75 Å². The van der Waals surface area contributed by atoms with Crippen molar-refractivity contribution in [1.29, 1.82) is 0 Å². The summed E-state index contributed by atoms with van der Waals surface area (Å²) in [5.74, 6) is -4.74. The quantitative estimate of drug-likeness (QED) is 0.0579. The van der Waals surface area contributed by atoms with E-state index in [1.807, 2.05) is 0 Å². The van der Waals surface area contributed by atoms with Crippen molar-refractivity contribution in [3.8, 4) is 5.75 Å². The van der Waals surface area contributed by atoms with E-state index >= 15 is 4.39 Å². The molecule has 16 nitrogen and oxygen atoms in total. The van der Waals surface area contributed by atoms with Gasteiger partial charge in [-0.1, -0.05) is 44.6 Å². The van der Waals surface area contributed by atoms with Gasteiger partial charge in [0.05, 0.1) is 19.3 Å². The van der Waals surface area contributed by atoms with Crippen LogP contribution in [0, 0.1) is 38.7 Å². The molecule has 3 saturated carbocycles. The molecule has 316 valence electrons. The molecule has 0 aromatic heterocycles. The Labute approximate surface area is 334 Å². The first kappa shape index (κ1) is 43.9. The molecular formula is C41H51FN2O14. The van der Waals surface area contributed by atoms with Gasteiger partial charge in [0.2, 0.25) is 11.7 Å². The molecule has 0 bridgehead atoms. The second kappa shape index (κ2) is 17.3. The van der Waals surface area contributed by atoms with Gasteiger partial charge in [0.25, 0.3) is 5.09 Å². The first-order chi connectivity index (χ1) is 27.3.